The molecule has 2 aliphatic carbocycles. The van der Waals surface area contributed by atoms with Crippen molar-refractivity contribution in [3.63, 3.8) is 0 Å². The lowest BCUT2D eigenvalue weighted by Gasteiger charge is -2.56. The molecular weight excluding hydrogens is 306 g/mol. The summed E-state index contributed by atoms with van der Waals surface area (Å²) in [6, 6.07) is 2.11. The highest BCUT2D eigenvalue weighted by molar-refractivity contribution is 5.64. The van der Waals surface area contributed by atoms with E-state index >= 15 is 0 Å². The van der Waals surface area contributed by atoms with Crippen LogP contribution in [-0.4, -0.2) is 58.7 Å². The third-order valence-corrected chi connectivity index (χ3v) is 6.75. The summed E-state index contributed by atoms with van der Waals surface area (Å²) in [4.78, 5) is 2.41. The smallest absolute Gasteiger partial charge is 0.165 e. The Morgan fingerprint density at radius 2 is 2.21 bits per heavy atom. The molecule has 1 spiro atoms. The van der Waals surface area contributed by atoms with Gasteiger partial charge in [0, 0.05) is 29.5 Å². The molecule has 1 fully saturated rings. The second-order valence-electron chi connectivity index (χ2n) is 7.69. The number of benzene rings is 1. The van der Waals surface area contributed by atoms with Crippen LogP contribution in [0.15, 0.2) is 18.2 Å². The maximum absolute atomic E-state index is 10.6. The number of phenols is 1. The number of rotatable bonds is 2. The molecule has 0 radical (unpaired) electrons. The number of aromatic hydroxyl groups is 1. The lowest BCUT2D eigenvalue weighted by molar-refractivity contribution is -0.0454. The van der Waals surface area contributed by atoms with Crippen LogP contribution in [0.3, 0.4) is 0 Å². The zero-order valence-corrected chi connectivity index (χ0v) is 13.8. The summed E-state index contributed by atoms with van der Waals surface area (Å²) in [5.74, 6) is 0.999. The van der Waals surface area contributed by atoms with Crippen molar-refractivity contribution < 1.29 is 20.1 Å². The topological polar surface area (TPSA) is 73.2 Å². The van der Waals surface area contributed by atoms with Gasteiger partial charge < -0.3 is 25.0 Å². The van der Waals surface area contributed by atoms with E-state index in [1.165, 1.54) is 5.56 Å². The largest absolute Gasteiger partial charge is 0.504 e. The first kappa shape index (κ1) is 14.8. The van der Waals surface area contributed by atoms with Crippen molar-refractivity contribution >= 4 is 0 Å². The Hall–Kier alpha value is -1.56. The van der Waals surface area contributed by atoms with Gasteiger partial charge in [-0.3, -0.25) is 0 Å². The van der Waals surface area contributed by atoms with E-state index in [0.29, 0.717) is 24.1 Å². The predicted molar refractivity (Wildman–Crippen MR) is 88.4 cm³/mol. The van der Waals surface area contributed by atoms with Crippen molar-refractivity contribution in [2.24, 2.45) is 5.92 Å². The van der Waals surface area contributed by atoms with Crippen molar-refractivity contribution in [2.45, 2.75) is 42.9 Å². The number of nitrogens with zero attached hydrogens (tertiary/aromatic N) is 1. The molecule has 5 atom stereocenters. The van der Waals surface area contributed by atoms with Crippen LogP contribution in [-0.2, 0) is 18.3 Å². The number of hydrogen-bond donors (Lipinski definition) is 3. The minimum Gasteiger partial charge on any atom is -0.504 e. The van der Waals surface area contributed by atoms with E-state index in [9.17, 15) is 15.3 Å². The minimum absolute atomic E-state index is 0.0645. The molecular formula is C19H23NO4. The fourth-order valence-electron chi connectivity index (χ4n) is 5.74. The van der Waals surface area contributed by atoms with Gasteiger partial charge in [-0.05, 0) is 50.0 Å². The second-order valence-corrected chi connectivity index (χ2v) is 7.69. The number of phenolic OH excluding ortho intramolecular Hbond substituents is 1. The summed E-state index contributed by atoms with van der Waals surface area (Å²) < 4.78 is 6.16. The van der Waals surface area contributed by atoms with E-state index in [-0.39, 0.29) is 23.9 Å². The number of piperidine rings is 1. The Bertz CT molecular complexity index is 745. The van der Waals surface area contributed by atoms with E-state index in [1.807, 2.05) is 6.08 Å². The Morgan fingerprint density at radius 3 is 3.00 bits per heavy atom. The highest BCUT2D eigenvalue weighted by Crippen LogP contribution is 2.62. The number of aliphatic hydroxyl groups is 2. The fourth-order valence-corrected chi connectivity index (χ4v) is 5.74. The first-order chi connectivity index (χ1) is 11.6. The summed E-state index contributed by atoms with van der Waals surface area (Å²) in [6.07, 6.45) is 5.41. The van der Waals surface area contributed by atoms with E-state index in [2.05, 4.69) is 18.0 Å². The molecule has 1 saturated heterocycles. The van der Waals surface area contributed by atoms with Crippen LogP contribution in [0.5, 0.6) is 11.5 Å². The monoisotopic (exact) mass is 329 g/mol. The molecule has 5 heteroatoms. The van der Waals surface area contributed by atoms with E-state index in [0.717, 1.165) is 30.5 Å². The van der Waals surface area contributed by atoms with Crippen molar-refractivity contribution in [1.29, 1.82) is 0 Å². The molecule has 2 bridgehead atoms. The van der Waals surface area contributed by atoms with E-state index in [1.54, 1.807) is 6.07 Å². The summed E-state index contributed by atoms with van der Waals surface area (Å²) in [5.41, 5.74) is 3.08. The minimum atomic E-state index is -0.649. The van der Waals surface area contributed by atoms with Crippen LogP contribution < -0.4 is 4.74 Å². The van der Waals surface area contributed by atoms with Gasteiger partial charge in [-0.25, -0.2) is 0 Å². The highest BCUT2D eigenvalue weighted by Gasteiger charge is 2.64. The van der Waals surface area contributed by atoms with E-state index in [4.69, 9.17) is 4.74 Å². The molecule has 2 aliphatic heterocycles. The standard InChI is InChI=1S/C19H23NO4/c1-20-6-5-19-12-2-3-14(22)18(19)24-17-15(23)8-10(4-7-21)11(16(17)19)9-13(12)20/h2-3,8,12-14,18,21-23H,4-7,9H2,1H3/t12-,13+,14-,18-,19-/m0/s1. The summed E-state index contributed by atoms with van der Waals surface area (Å²) >= 11 is 0. The highest BCUT2D eigenvalue weighted by atomic mass is 16.5. The van der Waals surface area contributed by atoms with Crippen molar-refractivity contribution in [1.82, 2.24) is 4.90 Å². The molecule has 1 aromatic carbocycles. The number of hydrogen-bond acceptors (Lipinski definition) is 5. The normalized spacial score (nSPS) is 38.8. The first-order valence-electron chi connectivity index (χ1n) is 8.80. The van der Waals surface area contributed by atoms with Crippen molar-refractivity contribution in [3.8, 4) is 11.5 Å². The molecule has 0 amide bonds. The SMILES string of the molecule is CN1CC[C@]23c4c5c(CCO)cc(O)c4O[C@H]2[C@@H](O)C=C[C@H]3[C@H]1C5. The Kier molecular flexibility index (Phi) is 2.92. The van der Waals surface area contributed by atoms with Gasteiger partial charge in [0.05, 0.1) is 0 Å². The average Bonchev–Trinajstić information content (AvgIpc) is 2.91. The van der Waals surface area contributed by atoms with Gasteiger partial charge in [0.25, 0.3) is 0 Å². The molecule has 24 heavy (non-hydrogen) atoms. The molecule has 5 rings (SSSR count). The predicted octanol–water partition coefficient (Wildman–Crippen LogP) is 0.733. The van der Waals surface area contributed by atoms with Crippen LogP contribution in [0.1, 0.15) is 23.1 Å². The van der Waals surface area contributed by atoms with Gasteiger partial charge in [-0.1, -0.05) is 12.2 Å². The molecule has 0 saturated carbocycles. The number of likely N-dealkylation sites (N-methyl/N-ethyl adjacent to an activating group) is 1. The second kappa shape index (κ2) is 4.75. The van der Waals surface area contributed by atoms with Crippen LogP contribution in [0.2, 0.25) is 0 Å². The van der Waals surface area contributed by atoms with Gasteiger partial charge in [0.2, 0.25) is 0 Å². The molecule has 0 aromatic heterocycles. The lowest BCUT2D eigenvalue weighted by Crippen LogP contribution is -2.64. The molecule has 128 valence electrons. The number of likely N-dealkylation sites (tertiary alicyclic amines) is 1. The average molecular weight is 329 g/mol. The number of ether oxygens (including phenoxy) is 1. The summed E-state index contributed by atoms with van der Waals surface area (Å²) in [6.45, 7) is 1.03. The van der Waals surface area contributed by atoms with Gasteiger partial charge in [-0.15, -0.1) is 0 Å². The Balaban J connectivity index is 1.82. The Morgan fingerprint density at radius 1 is 1.38 bits per heavy atom. The molecule has 4 aliphatic rings. The zero-order valence-electron chi connectivity index (χ0n) is 13.8. The van der Waals surface area contributed by atoms with Gasteiger partial charge in [-0.2, -0.15) is 0 Å². The molecule has 2 heterocycles. The lowest BCUT2D eigenvalue weighted by atomic mass is 9.53. The van der Waals surface area contributed by atoms with Crippen molar-refractivity contribution in [3.05, 3.63) is 34.9 Å². The maximum Gasteiger partial charge on any atom is 0.165 e. The molecule has 5 nitrogen and oxygen atoms in total. The zero-order chi connectivity index (χ0) is 16.6. The van der Waals surface area contributed by atoms with Gasteiger partial charge in [0.1, 0.15) is 12.2 Å². The fraction of sp³-hybridized carbons (Fsp3) is 0.579. The Labute approximate surface area is 141 Å². The van der Waals surface area contributed by atoms with Crippen LogP contribution in [0.4, 0.5) is 0 Å². The van der Waals surface area contributed by atoms with Crippen LogP contribution in [0, 0.1) is 5.92 Å². The number of aliphatic hydroxyl groups excluding tert-OH is 2. The summed E-state index contributed by atoms with van der Waals surface area (Å²) in [7, 11) is 2.17. The van der Waals surface area contributed by atoms with E-state index < -0.39 is 6.10 Å². The molecule has 0 unspecified atom stereocenters. The first-order valence-corrected chi connectivity index (χ1v) is 8.80. The third-order valence-electron chi connectivity index (χ3n) is 6.75. The molecule has 1 aromatic rings. The van der Waals surface area contributed by atoms with Gasteiger partial charge >= 0.3 is 0 Å². The van der Waals surface area contributed by atoms with Crippen LogP contribution in [0.25, 0.3) is 0 Å². The van der Waals surface area contributed by atoms with Crippen molar-refractivity contribution in [2.75, 3.05) is 20.2 Å². The maximum atomic E-state index is 10.6. The van der Waals surface area contributed by atoms with Gasteiger partial charge in [0.15, 0.2) is 11.5 Å². The quantitative estimate of drug-likeness (QED) is 0.698. The molecule has 3 N–H and O–H groups in total. The summed E-state index contributed by atoms with van der Waals surface area (Å²) in [5, 5.41) is 30.6. The van der Waals surface area contributed by atoms with Crippen LogP contribution >= 0.6 is 0 Å². The third kappa shape index (κ3) is 1.56.